The zero-order valence-corrected chi connectivity index (χ0v) is 20.0. The average Bonchev–Trinajstić information content (AvgIpc) is 3.23. The minimum Gasteiger partial charge on any atom is -0.300 e. The lowest BCUT2D eigenvalue weighted by Gasteiger charge is -2.47. The van der Waals surface area contributed by atoms with Crippen molar-refractivity contribution >= 4 is 34.7 Å². The quantitative estimate of drug-likeness (QED) is 0.449. The molecule has 0 unspecified atom stereocenters. The molecule has 4 nitrogen and oxygen atoms in total. The zero-order chi connectivity index (χ0) is 21.8. The smallest absolute Gasteiger partial charge is 0.224 e. The van der Waals surface area contributed by atoms with Crippen LogP contribution in [0.4, 0.5) is 5.69 Å². The summed E-state index contributed by atoms with van der Waals surface area (Å²) in [5, 5.41) is 3.15. The van der Waals surface area contributed by atoms with Gasteiger partial charge in [0, 0.05) is 48.2 Å². The summed E-state index contributed by atoms with van der Waals surface area (Å²) in [4.78, 5) is 23.6. The molecule has 1 amide bonds. The predicted molar refractivity (Wildman–Crippen MR) is 131 cm³/mol. The van der Waals surface area contributed by atoms with Crippen LogP contribution in [-0.2, 0) is 16.9 Å². The Morgan fingerprint density at radius 1 is 1.13 bits per heavy atom. The van der Waals surface area contributed by atoms with Crippen LogP contribution in [0.1, 0.15) is 36.0 Å². The number of benzene rings is 2. The second-order valence-electron chi connectivity index (χ2n) is 8.14. The van der Waals surface area contributed by atoms with Crippen LogP contribution in [0.5, 0.6) is 0 Å². The number of amides is 1. The van der Waals surface area contributed by atoms with E-state index in [0.29, 0.717) is 0 Å². The molecule has 1 saturated heterocycles. The number of piperidine rings is 1. The Labute approximate surface area is 193 Å². The third kappa shape index (κ3) is 4.71. The molecule has 0 N–H and O–H groups in total. The molecule has 1 aliphatic heterocycles. The molecule has 6 heteroatoms. The van der Waals surface area contributed by atoms with E-state index in [1.54, 1.807) is 30.0 Å². The number of nitrogens with zero attached hydrogens (tertiary/aromatic N) is 3. The van der Waals surface area contributed by atoms with Crippen molar-refractivity contribution in [2.24, 2.45) is 0 Å². The molecule has 2 aromatic carbocycles. The van der Waals surface area contributed by atoms with E-state index >= 15 is 0 Å². The van der Waals surface area contributed by atoms with Crippen molar-refractivity contribution in [1.29, 1.82) is 0 Å². The Balaban J connectivity index is 1.60. The van der Waals surface area contributed by atoms with E-state index in [0.717, 1.165) is 48.9 Å². The average molecular weight is 452 g/mol. The summed E-state index contributed by atoms with van der Waals surface area (Å²) < 4.78 is 0. The Morgan fingerprint density at radius 2 is 1.81 bits per heavy atom. The molecular weight excluding hydrogens is 422 g/mol. The first kappa shape index (κ1) is 22.1. The number of hydrogen-bond acceptors (Lipinski definition) is 5. The molecule has 0 aliphatic carbocycles. The van der Waals surface area contributed by atoms with Crippen molar-refractivity contribution in [3.8, 4) is 0 Å². The van der Waals surface area contributed by atoms with Crippen LogP contribution < -0.4 is 4.90 Å². The number of anilines is 1. The van der Waals surface area contributed by atoms with Crippen LogP contribution in [0.25, 0.3) is 0 Å². The van der Waals surface area contributed by atoms with Crippen molar-refractivity contribution < 1.29 is 4.79 Å². The predicted octanol–water partition coefficient (Wildman–Crippen LogP) is 5.72. The lowest BCUT2D eigenvalue weighted by atomic mass is 9.85. The van der Waals surface area contributed by atoms with E-state index in [1.165, 1.54) is 10.5 Å². The summed E-state index contributed by atoms with van der Waals surface area (Å²) in [7, 11) is 0. The SMILES string of the molecule is CSc1ccc(CN2CCC(c3nc(C)cs3)(N(C(C)=O)c3ccccc3)CC2)cc1. The third-order valence-corrected chi connectivity index (χ3v) is 7.92. The first-order valence-corrected chi connectivity index (χ1v) is 12.8. The number of aromatic nitrogens is 1. The van der Waals surface area contributed by atoms with Crippen LogP contribution in [0.15, 0.2) is 64.9 Å². The van der Waals surface area contributed by atoms with Gasteiger partial charge in [-0.2, -0.15) is 0 Å². The van der Waals surface area contributed by atoms with Crippen molar-refractivity contribution in [1.82, 2.24) is 9.88 Å². The largest absolute Gasteiger partial charge is 0.300 e. The maximum atomic E-state index is 12.9. The minimum atomic E-state index is -0.397. The van der Waals surface area contributed by atoms with E-state index in [1.807, 2.05) is 42.2 Å². The summed E-state index contributed by atoms with van der Waals surface area (Å²) in [5.41, 5.74) is 2.91. The van der Waals surface area contributed by atoms with Crippen LogP contribution in [0.3, 0.4) is 0 Å². The van der Waals surface area contributed by atoms with Crippen molar-refractivity contribution in [2.75, 3.05) is 24.2 Å². The van der Waals surface area contributed by atoms with E-state index < -0.39 is 5.54 Å². The number of para-hydroxylation sites is 1. The van der Waals surface area contributed by atoms with E-state index in [9.17, 15) is 4.79 Å². The standard InChI is InChI=1S/C25H29N3OS2/c1-19-18-31-24(26-19)25(28(20(2)29)22-7-5-4-6-8-22)13-15-27(16-14-25)17-21-9-11-23(30-3)12-10-21/h4-12,18H,13-17H2,1-3H3. The number of thioether (sulfide) groups is 1. The van der Waals surface area contributed by atoms with Gasteiger partial charge in [-0.1, -0.05) is 30.3 Å². The van der Waals surface area contributed by atoms with Gasteiger partial charge in [-0.05, 0) is 55.9 Å². The molecule has 31 heavy (non-hydrogen) atoms. The lowest BCUT2D eigenvalue weighted by molar-refractivity contribution is -0.118. The topological polar surface area (TPSA) is 36.4 Å². The maximum absolute atomic E-state index is 12.9. The molecule has 3 aromatic rings. The molecule has 0 saturated carbocycles. The molecule has 162 valence electrons. The Morgan fingerprint density at radius 3 is 2.35 bits per heavy atom. The monoisotopic (exact) mass is 451 g/mol. The van der Waals surface area contributed by atoms with Gasteiger partial charge in [0.2, 0.25) is 5.91 Å². The first-order chi connectivity index (χ1) is 15.0. The summed E-state index contributed by atoms with van der Waals surface area (Å²) in [6.45, 7) is 6.50. The summed E-state index contributed by atoms with van der Waals surface area (Å²) >= 11 is 3.45. The molecule has 2 heterocycles. The van der Waals surface area contributed by atoms with Gasteiger partial charge in [0.1, 0.15) is 10.5 Å². The van der Waals surface area contributed by atoms with Crippen molar-refractivity contribution in [3.63, 3.8) is 0 Å². The first-order valence-electron chi connectivity index (χ1n) is 10.7. The zero-order valence-electron chi connectivity index (χ0n) is 18.4. The molecule has 0 bridgehead atoms. The number of thiazole rings is 1. The highest BCUT2D eigenvalue weighted by atomic mass is 32.2. The number of carbonyl (C=O) groups excluding carboxylic acids is 1. The third-order valence-electron chi connectivity index (χ3n) is 6.02. The number of hydrogen-bond donors (Lipinski definition) is 0. The molecular formula is C25H29N3OS2. The highest BCUT2D eigenvalue weighted by Gasteiger charge is 2.45. The second-order valence-corrected chi connectivity index (χ2v) is 9.88. The lowest BCUT2D eigenvalue weighted by Crippen LogP contribution is -2.55. The van der Waals surface area contributed by atoms with Gasteiger partial charge in [-0.25, -0.2) is 4.98 Å². The van der Waals surface area contributed by atoms with Crippen LogP contribution in [0.2, 0.25) is 0 Å². The van der Waals surface area contributed by atoms with Gasteiger partial charge in [-0.15, -0.1) is 23.1 Å². The van der Waals surface area contributed by atoms with Crippen LogP contribution in [0, 0.1) is 6.92 Å². The molecule has 1 aliphatic rings. The maximum Gasteiger partial charge on any atom is 0.224 e. The molecule has 1 aromatic heterocycles. The molecule has 0 radical (unpaired) electrons. The summed E-state index contributed by atoms with van der Waals surface area (Å²) in [6.07, 6.45) is 3.85. The summed E-state index contributed by atoms with van der Waals surface area (Å²) in [5.74, 6) is 0.0696. The number of carbonyl (C=O) groups is 1. The number of rotatable bonds is 6. The second kappa shape index (κ2) is 9.55. The van der Waals surface area contributed by atoms with Crippen LogP contribution >= 0.6 is 23.1 Å². The molecule has 1 fully saturated rings. The van der Waals surface area contributed by atoms with Gasteiger partial charge < -0.3 is 0 Å². The van der Waals surface area contributed by atoms with Gasteiger partial charge in [0.25, 0.3) is 0 Å². The van der Waals surface area contributed by atoms with Gasteiger partial charge in [0.05, 0.1) is 0 Å². The van der Waals surface area contributed by atoms with E-state index in [4.69, 9.17) is 4.98 Å². The van der Waals surface area contributed by atoms with E-state index in [-0.39, 0.29) is 5.91 Å². The molecule has 0 spiro atoms. The summed E-state index contributed by atoms with van der Waals surface area (Å²) in [6, 6.07) is 18.9. The number of aryl methyl sites for hydroxylation is 1. The Hall–Kier alpha value is -2.15. The van der Waals surface area contributed by atoms with Gasteiger partial charge in [0.15, 0.2) is 0 Å². The fourth-order valence-corrected chi connectivity index (χ4v) is 5.93. The fourth-order valence-electron chi connectivity index (χ4n) is 4.48. The number of likely N-dealkylation sites (tertiary alicyclic amines) is 1. The van der Waals surface area contributed by atoms with Crippen molar-refractivity contribution in [2.45, 2.75) is 43.7 Å². The Bertz CT molecular complexity index is 1010. The Kier molecular flexibility index (Phi) is 6.80. The highest BCUT2D eigenvalue weighted by Crippen LogP contribution is 2.43. The molecule has 4 rings (SSSR count). The normalized spacial score (nSPS) is 16.2. The van der Waals surface area contributed by atoms with Crippen LogP contribution in [-0.4, -0.2) is 35.1 Å². The van der Waals surface area contributed by atoms with Gasteiger partial charge in [-0.3, -0.25) is 14.6 Å². The molecule has 0 atom stereocenters. The fraction of sp³-hybridized carbons (Fsp3) is 0.360. The van der Waals surface area contributed by atoms with Crippen molar-refractivity contribution in [3.05, 3.63) is 76.2 Å². The van der Waals surface area contributed by atoms with Gasteiger partial charge >= 0.3 is 0 Å². The highest BCUT2D eigenvalue weighted by molar-refractivity contribution is 7.98. The minimum absolute atomic E-state index is 0.0696. The van der Waals surface area contributed by atoms with E-state index in [2.05, 4.69) is 40.8 Å².